The Morgan fingerprint density at radius 3 is 2.45 bits per heavy atom. The van der Waals surface area contributed by atoms with Gasteiger partial charge in [-0.3, -0.25) is 4.79 Å². The quantitative estimate of drug-likeness (QED) is 0.770. The lowest BCUT2D eigenvalue weighted by molar-refractivity contribution is -0.117. The van der Waals surface area contributed by atoms with Gasteiger partial charge in [0.1, 0.15) is 11.5 Å². The maximum absolute atomic E-state index is 12.2. The molecule has 0 bridgehead atoms. The molecule has 0 atom stereocenters. The SMILES string of the molecule is COC(=O)c1cccc(CC(=O)Cc2ccccc2OC)c1. The summed E-state index contributed by atoms with van der Waals surface area (Å²) in [5.41, 5.74) is 2.10. The molecule has 0 saturated heterocycles. The van der Waals surface area contributed by atoms with E-state index in [2.05, 4.69) is 4.74 Å². The Balaban J connectivity index is 2.07. The van der Waals surface area contributed by atoms with Gasteiger partial charge < -0.3 is 9.47 Å². The average Bonchev–Trinajstić information content (AvgIpc) is 2.54. The first-order valence-electron chi connectivity index (χ1n) is 6.95. The van der Waals surface area contributed by atoms with Crippen LogP contribution in [0.2, 0.25) is 0 Å². The Hall–Kier alpha value is -2.62. The lowest BCUT2D eigenvalue weighted by atomic mass is 10.0. The number of Topliss-reactive ketones (excluding diaryl/α,β-unsaturated/α-hetero) is 1. The molecule has 0 aromatic heterocycles. The summed E-state index contributed by atoms with van der Waals surface area (Å²) in [5, 5.41) is 0. The van der Waals surface area contributed by atoms with Gasteiger partial charge in [0, 0.05) is 18.4 Å². The number of ketones is 1. The van der Waals surface area contributed by atoms with Gasteiger partial charge in [-0.1, -0.05) is 30.3 Å². The topological polar surface area (TPSA) is 52.6 Å². The molecule has 0 fully saturated rings. The minimum absolute atomic E-state index is 0.0616. The number of benzene rings is 2. The first-order valence-corrected chi connectivity index (χ1v) is 6.95. The molecular formula is C18H18O4. The van der Waals surface area contributed by atoms with E-state index in [0.717, 1.165) is 11.1 Å². The summed E-state index contributed by atoms with van der Waals surface area (Å²) in [6.07, 6.45) is 0.565. The zero-order valence-electron chi connectivity index (χ0n) is 12.7. The molecule has 2 rings (SSSR count). The normalized spacial score (nSPS) is 10.1. The molecule has 4 heteroatoms. The zero-order chi connectivity index (χ0) is 15.9. The van der Waals surface area contributed by atoms with Crippen molar-refractivity contribution in [2.45, 2.75) is 12.8 Å². The molecule has 0 N–H and O–H groups in total. The summed E-state index contributed by atoms with van der Waals surface area (Å²) in [7, 11) is 2.92. The van der Waals surface area contributed by atoms with Crippen molar-refractivity contribution in [1.82, 2.24) is 0 Å². The zero-order valence-corrected chi connectivity index (χ0v) is 12.7. The van der Waals surface area contributed by atoms with Crippen LogP contribution in [-0.4, -0.2) is 26.0 Å². The van der Waals surface area contributed by atoms with Crippen molar-refractivity contribution in [3.8, 4) is 5.75 Å². The van der Waals surface area contributed by atoms with E-state index in [4.69, 9.17) is 4.74 Å². The van der Waals surface area contributed by atoms with E-state index in [1.165, 1.54) is 7.11 Å². The molecule has 114 valence electrons. The second-order valence-corrected chi connectivity index (χ2v) is 4.90. The number of esters is 1. The largest absolute Gasteiger partial charge is 0.496 e. The third-order valence-corrected chi connectivity index (χ3v) is 3.33. The third kappa shape index (κ3) is 3.95. The van der Waals surface area contributed by atoms with E-state index in [1.807, 2.05) is 30.3 Å². The van der Waals surface area contributed by atoms with Gasteiger partial charge in [-0.25, -0.2) is 4.79 Å². The number of carbonyl (C=O) groups excluding carboxylic acids is 2. The summed E-state index contributed by atoms with van der Waals surface area (Å²) in [6, 6.07) is 14.4. The number of hydrogen-bond acceptors (Lipinski definition) is 4. The van der Waals surface area contributed by atoms with Gasteiger partial charge in [0.15, 0.2) is 0 Å². The van der Waals surface area contributed by atoms with Crippen LogP contribution in [0.4, 0.5) is 0 Å². The van der Waals surface area contributed by atoms with Gasteiger partial charge in [-0.15, -0.1) is 0 Å². The van der Waals surface area contributed by atoms with Crippen LogP contribution in [0, 0.1) is 0 Å². The second kappa shape index (κ2) is 7.41. The van der Waals surface area contributed by atoms with Gasteiger partial charge >= 0.3 is 5.97 Å². The lowest BCUT2D eigenvalue weighted by Gasteiger charge is -2.08. The fourth-order valence-corrected chi connectivity index (χ4v) is 2.28. The molecule has 0 unspecified atom stereocenters. The van der Waals surface area contributed by atoms with Crippen LogP contribution in [0.15, 0.2) is 48.5 Å². The van der Waals surface area contributed by atoms with E-state index in [9.17, 15) is 9.59 Å². The van der Waals surface area contributed by atoms with Crippen molar-refractivity contribution < 1.29 is 19.1 Å². The van der Waals surface area contributed by atoms with Crippen LogP contribution in [0.25, 0.3) is 0 Å². The van der Waals surface area contributed by atoms with Crippen LogP contribution in [-0.2, 0) is 22.4 Å². The van der Waals surface area contributed by atoms with Crippen LogP contribution < -0.4 is 4.74 Å². The van der Waals surface area contributed by atoms with E-state index in [-0.39, 0.29) is 12.2 Å². The number of para-hydroxylation sites is 1. The molecule has 4 nitrogen and oxygen atoms in total. The molecule has 0 heterocycles. The van der Waals surface area contributed by atoms with Crippen LogP contribution in [0.1, 0.15) is 21.5 Å². The second-order valence-electron chi connectivity index (χ2n) is 4.90. The van der Waals surface area contributed by atoms with Crippen molar-refractivity contribution in [2.75, 3.05) is 14.2 Å². The molecule has 0 spiro atoms. The Bertz CT molecular complexity index is 676. The summed E-state index contributed by atoms with van der Waals surface area (Å²) >= 11 is 0. The maximum atomic E-state index is 12.2. The van der Waals surface area contributed by atoms with Gasteiger partial charge in [0.25, 0.3) is 0 Å². The Morgan fingerprint density at radius 2 is 1.73 bits per heavy atom. The smallest absolute Gasteiger partial charge is 0.337 e. The Labute approximate surface area is 129 Å². The number of hydrogen-bond donors (Lipinski definition) is 0. The number of rotatable bonds is 6. The molecule has 0 aliphatic rings. The van der Waals surface area contributed by atoms with E-state index in [1.54, 1.807) is 25.3 Å². The van der Waals surface area contributed by atoms with Crippen molar-refractivity contribution in [2.24, 2.45) is 0 Å². The number of methoxy groups -OCH3 is 2. The highest BCUT2D eigenvalue weighted by Gasteiger charge is 2.11. The highest BCUT2D eigenvalue weighted by atomic mass is 16.5. The summed E-state index contributed by atoms with van der Waals surface area (Å²) < 4.78 is 9.93. The monoisotopic (exact) mass is 298 g/mol. The Morgan fingerprint density at radius 1 is 0.955 bits per heavy atom. The van der Waals surface area contributed by atoms with Crippen LogP contribution >= 0.6 is 0 Å². The molecule has 0 aliphatic heterocycles. The van der Waals surface area contributed by atoms with Gasteiger partial charge in [-0.2, -0.15) is 0 Å². The summed E-state index contributed by atoms with van der Waals surface area (Å²) in [5.74, 6) is 0.365. The van der Waals surface area contributed by atoms with Crippen molar-refractivity contribution >= 4 is 11.8 Å². The lowest BCUT2D eigenvalue weighted by Crippen LogP contribution is -2.09. The number of carbonyl (C=O) groups is 2. The van der Waals surface area contributed by atoms with E-state index >= 15 is 0 Å². The van der Waals surface area contributed by atoms with Gasteiger partial charge in [0.2, 0.25) is 0 Å². The molecule has 2 aromatic carbocycles. The molecule has 2 aromatic rings. The fourth-order valence-electron chi connectivity index (χ4n) is 2.28. The fraction of sp³-hybridized carbons (Fsp3) is 0.222. The first kappa shape index (κ1) is 15.8. The minimum Gasteiger partial charge on any atom is -0.496 e. The van der Waals surface area contributed by atoms with Gasteiger partial charge in [0.05, 0.1) is 19.8 Å². The molecule has 22 heavy (non-hydrogen) atoms. The molecule has 0 saturated carbocycles. The van der Waals surface area contributed by atoms with Crippen molar-refractivity contribution in [1.29, 1.82) is 0 Å². The van der Waals surface area contributed by atoms with E-state index < -0.39 is 5.97 Å². The van der Waals surface area contributed by atoms with Crippen molar-refractivity contribution in [3.05, 3.63) is 65.2 Å². The predicted molar refractivity (Wildman–Crippen MR) is 83.2 cm³/mol. The molecule has 0 aliphatic carbocycles. The molecule has 0 amide bonds. The van der Waals surface area contributed by atoms with Crippen LogP contribution in [0.3, 0.4) is 0 Å². The van der Waals surface area contributed by atoms with Gasteiger partial charge in [-0.05, 0) is 23.8 Å². The molecular weight excluding hydrogens is 280 g/mol. The molecule has 0 radical (unpaired) electrons. The highest BCUT2D eigenvalue weighted by Crippen LogP contribution is 2.19. The summed E-state index contributed by atoms with van der Waals surface area (Å²) in [6.45, 7) is 0. The standard InChI is InChI=1S/C18H18O4/c1-21-17-9-4-3-7-14(17)12-16(19)11-13-6-5-8-15(10-13)18(20)22-2/h3-10H,11-12H2,1-2H3. The minimum atomic E-state index is -0.404. The summed E-state index contributed by atoms with van der Waals surface area (Å²) in [4.78, 5) is 23.7. The first-order chi connectivity index (χ1) is 10.6. The van der Waals surface area contributed by atoms with Crippen molar-refractivity contribution in [3.63, 3.8) is 0 Å². The van der Waals surface area contributed by atoms with E-state index in [0.29, 0.717) is 17.7 Å². The maximum Gasteiger partial charge on any atom is 0.337 e. The van der Waals surface area contributed by atoms with Crippen LogP contribution in [0.5, 0.6) is 5.75 Å². The number of ether oxygens (including phenoxy) is 2. The average molecular weight is 298 g/mol. The third-order valence-electron chi connectivity index (χ3n) is 3.33. The predicted octanol–water partition coefficient (Wildman–Crippen LogP) is 2.84. The Kier molecular flexibility index (Phi) is 5.31. The highest BCUT2D eigenvalue weighted by molar-refractivity contribution is 5.90.